The van der Waals surface area contributed by atoms with Gasteiger partial charge in [-0.15, -0.1) is 21.5 Å². The van der Waals surface area contributed by atoms with Crippen LogP contribution in [0.3, 0.4) is 0 Å². The standard InChI is InChI=1S/C47H49ClN8O4S/c1-5-41(59)52-45-38-16-10-9-13-34(38)28-55-27-32(17-23-40(55)51-45)12-11-25-49-42(60)24-22-36(57)14-7-6-8-15-37(58)26-39-46-54-53-31(4)56(46)47-43(29(2)30(3)61-47)44(50-39)33-18-20-35(48)21-19-33/h5,9-10,13,16-21,23,27,39H,1,6-8,11-12,14-15,22,24-26,28H2,2-4H3,(H,49,60)/t39-/m0/s1. The fourth-order valence-corrected chi connectivity index (χ4v) is 9.02. The number of nitrogens with one attached hydrogen (secondary N) is 1. The maximum absolute atomic E-state index is 13.4. The predicted octanol–water partition coefficient (Wildman–Crippen LogP) is 8.78. The molecule has 3 aliphatic heterocycles. The number of amidine groups is 2. The van der Waals surface area contributed by atoms with Crippen molar-refractivity contribution in [2.24, 2.45) is 15.0 Å². The lowest BCUT2D eigenvalue weighted by atomic mass is 9.99. The number of thiophene rings is 1. The van der Waals surface area contributed by atoms with E-state index in [9.17, 15) is 19.2 Å². The van der Waals surface area contributed by atoms with Crippen molar-refractivity contribution >= 4 is 63.7 Å². The Bertz CT molecular complexity index is 2530. The minimum Gasteiger partial charge on any atom is -0.356 e. The summed E-state index contributed by atoms with van der Waals surface area (Å²) >= 11 is 7.91. The summed E-state index contributed by atoms with van der Waals surface area (Å²) in [6.45, 7) is 10.7. The van der Waals surface area contributed by atoms with E-state index in [1.165, 1.54) is 11.0 Å². The van der Waals surface area contributed by atoms with Gasteiger partial charge in [0.1, 0.15) is 34.3 Å². The number of benzene rings is 2. The Morgan fingerprint density at radius 1 is 0.934 bits per heavy atom. The zero-order valence-electron chi connectivity index (χ0n) is 34.7. The first kappa shape index (κ1) is 43.2. The van der Waals surface area contributed by atoms with Gasteiger partial charge in [0.15, 0.2) is 11.7 Å². The number of aliphatic imine (C=N–C) groups is 3. The molecule has 0 fully saturated rings. The number of amides is 2. The molecule has 61 heavy (non-hydrogen) atoms. The summed E-state index contributed by atoms with van der Waals surface area (Å²) in [7, 11) is 0. The average Bonchev–Trinajstić information content (AvgIpc) is 3.67. The summed E-state index contributed by atoms with van der Waals surface area (Å²) in [5.74, 6) is 2.01. The maximum atomic E-state index is 13.4. The summed E-state index contributed by atoms with van der Waals surface area (Å²) in [6, 6.07) is 14.9. The normalized spacial score (nSPS) is 15.9. The van der Waals surface area contributed by atoms with Gasteiger partial charge < -0.3 is 10.2 Å². The molecule has 2 aromatic heterocycles. The zero-order valence-corrected chi connectivity index (χ0v) is 36.3. The van der Waals surface area contributed by atoms with Crippen LogP contribution in [0.1, 0.15) is 115 Å². The molecule has 0 saturated carbocycles. The van der Waals surface area contributed by atoms with Crippen LogP contribution in [0.25, 0.3) is 5.00 Å². The van der Waals surface area contributed by atoms with E-state index in [-0.39, 0.29) is 36.7 Å². The van der Waals surface area contributed by atoms with Crippen LogP contribution in [-0.4, -0.2) is 67.0 Å². The predicted molar refractivity (Wildman–Crippen MR) is 241 cm³/mol. The number of halogens is 1. The highest BCUT2D eigenvalue weighted by Crippen LogP contribution is 2.40. The summed E-state index contributed by atoms with van der Waals surface area (Å²) < 4.78 is 2.05. The molecular formula is C47H49ClN8O4S. The molecule has 0 bridgehead atoms. The van der Waals surface area contributed by atoms with Crippen LogP contribution in [0.2, 0.25) is 5.02 Å². The van der Waals surface area contributed by atoms with E-state index in [2.05, 4.69) is 45.9 Å². The first-order chi connectivity index (χ1) is 29.5. The topological polar surface area (TPSA) is 151 Å². The third-order valence-electron chi connectivity index (χ3n) is 11.1. The Labute approximate surface area is 365 Å². The molecule has 0 saturated heterocycles. The van der Waals surface area contributed by atoms with E-state index in [1.54, 1.807) is 11.3 Å². The Hall–Kier alpha value is -5.92. The molecule has 7 rings (SSSR count). The van der Waals surface area contributed by atoms with Crippen LogP contribution in [0, 0.1) is 20.8 Å². The Balaban J connectivity index is 0.823. The van der Waals surface area contributed by atoms with Crippen molar-refractivity contribution in [1.29, 1.82) is 0 Å². The van der Waals surface area contributed by atoms with Gasteiger partial charge in [0.05, 0.1) is 5.71 Å². The van der Waals surface area contributed by atoms with Gasteiger partial charge in [-0.1, -0.05) is 67.1 Å². The van der Waals surface area contributed by atoms with Crippen molar-refractivity contribution in [2.75, 3.05) is 6.54 Å². The number of carbonyl (C=O) groups is 4. The van der Waals surface area contributed by atoms with Crippen molar-refractivity contribution in [3.8, 4) is 5.00 Å². The monoisotopic (exact) mass is 856 g/mol. The van der Waals surface area contributed by atoms with Gasteiger partial charge in [-0.3, -0.25) is 28.7 Å². The number of ketones is 2. The molecule has 0 aliphatic carbocycles. The van der Waals surface area contributed by atoms with Crippen molar-refractivity contribution < 1.29 is 19.2 Å². The number of fused-ring (bicyclic) bond motifs is 5. The molecule has 4 aromatic rings. The third-order valence-corrected chi connectivity index (χ3v) is 12.5. The zero-order chi connectivity index (χ0) is 43.0. The Morgan fingerprint density at radius 3 is 2.49 bits per heavy atom. The van der Waals surface area contributed by atoms with Crippen LogP contribution in [-0.2, 0) is 25.7 Å². The van der Waals surface area contributed by atoms with Crippen molar-refractivity contribution in [3.05, 3.63) is 134 Å². The first-order valence-corrected chi connectivity index (χ1v) is 21.9. The van der Waals surface area contributed by atoms with Crippen molar-refractivity contribution in [2.45, 2.75) is 97.6 Å². The molecule has 0 spiro atoms. The van der Waals surface area contributed by atoms with Gasteiger partial charge >= 0.3 is 0 Å². The van der Waals surface area contributed by atoms with E-state index in [0.29, 0.717) is 61.3 Å². The molecule has 1 N–H and O–H groups in total. The van der Waals surface area contributed by atoms with Gasteiger partial charge in [0, 0.05) is 78.0 Å². The molecule has 5 heterocycles. The minimum absolute atomic E-state index is 0.0488. The number of hydrogen-bond donors (Lipinski definition) is 1. The average molecular weight is 857 g/mol. The number of Topliss-reactive ketones (excluding diaryl/α,β-unsaturated/α-hetero) is 2. The molecule has 2 amide bonds. The van der Waals surface area contributed by atoms with Crippen LogP contribution in [0.15, 0.2) is 100 Å². The molecule has 3 aliphatic rings. The van der Waals surface area contributed by atoms with Gasteiger partial charge in [-0.05, 0) is 87.4 Å². The van der Waals surface area contributed by atoms with E-state index in [0.717, 1.165) is 69.2 Å². The summed E-state index contributed by atoms with van der Waals surface area (Å²) in [6.07, 6.45) is 12.0. The number of aromatic nitrogens is 3. The van der Waals surface area contributed by atoms with E-state index < -0.39 is 11.9 Å². The van der Waals surface area contributed by atoms with E-state index in [4.69, 9.17) is 16.6 Å². The molecule has 14 heteroatoms. The van der Waals surface area contributed by atoms with Crippen LogP contribution >= 0.6 is 22.9 Å². The lowest BCUT2D eigenvalue weighted by Crippen LogP contribution is -2.26. The summed E-state index contributed by atoms with van der Waals surface area (Å²) in [4.78, 5) is 67.9. The second-order valence-corrected chi connectivity index (χ2v) is 17.1. The van der Waals surface area contributed by atoms with Gasteiger partial charge in [0.2, 0.25) is 5.91 Å². The van der Waals surface area contributed by atoms with Gasteiger partial charge in [0.25, 0.3) is 5.91 Å². The van der Waals surface area contributed by atoms with Crippen molar-refractivity contribution in [3.63, 3.8) is 0 Å². The number of rotatable bonds is 17. The number of carbonyl (C=O) groups excluding carboxylic acids is 4. The molecular weight excluding hydrogens is 808 g/mol. The second kappa shape index (κ2) is 19.6. The lowest BCUT2D eigenvalue weighted by molar-refractivity contribution is -0.125. The summed E-state index contributed by atoms with van der Waals surface area (Å²) in [5, 5.41) is 13.5. The van der Waals surface area contributed by atoms with Crippen LogP contribution < -0.4 is 5.32 Å². The number of nitrogens with zero attached hydrogens (tertiary/aromatic N) is 7. The fourth-order valence-electron chi connectivity index (χ4n) is 7.68. The number of allylic oxidation sites excluding steroid dienone is 2. The highest BCUT2D eigenvalue weighted by molar-refractivity contribution is 7.15. The lowest BCUT2D eigenvalue weighted by Gasteiger charge is -2.23. The van der Waals surface area contributed by atoms with Crippen LogP contribution in [0.4, 0.5) is 0 Å². The number of aryl methyl sites for hydroxylation is 2. The molecule has 2 aromatic carbocycles. The van der Waals surface area contributed by atoms with Crippen molar-refractivity contribution in [1.82, 2.24) is 25.0 Å². The smallest absolute Gasteiger partial charge is 0.271 e. The van der Waals surface area contributed by atoms with Gasteiger partial charge in [-0.25, -0.2) is 4.99 Å². The second-order valence-electron chi connectivity index (χ2n) is 15.5. The van der Waals surface area contributed by atoms with E-state index in [1.807, 2.05) is 83.3 Å². The van der Waals surface area contributed by atoms with E-state index >= 15 is 0 Å². The Kier molecular flexibility index (Phi) is 13.9. The third kappa shape index (κ3) is 10.3. The Morgan fingerprint density at radius 2 is 1.70 bits per heavy atom. The number of unbranched alkanes of at least 4 members (excludes halogenated alkanes) is 2. The molecule has 1 atom stereocenters. The quantitative estimate of drug-likeness (QED) is 0.0824. The maximum Gasteiger partial charge on any atom is 0.271 e. The largest absolute Gasteiger partial charge is 0.356 e. The molecule has 314 valence electrons. The summed E-state index contributed by atoms with van der Waals surface area (Å²) in [5.41, 5.74) is 6.82. The fraction of sp³-hybridized carbons (Fsp3) is 0.340. The molecule has 12 nitrogen and oxygen atoms in total. The SMILES string of the molecule is C=CC(=O)N=C1N=C2C=CC(CCCNC(=O)CCC(=O)CCCCCC(=O)C[C@@H]3N=C(c4ccc(Cl)cc4)c4c(sc(C)c4C)-n4c(C)nnc43)=CN2Cc2ccccc21. The minimum atomic E-state index is -0.499. The highest BCUT2D eigenvalue weighted by atomic mass is 35.5. The highest BCUT2D eigenvalue weighted by Gasteiger charge is 2.32. The first-order valence-electron chi connectivity index (χ1n) is 20.7. The molecule has 0 unspecified atom stereocenters. The van der Waals surface area contributed by atoms with Gasteiger partial charge in [-0.2, -0.15) is 4.99 Å². The number of hydrogen-bond acceptors (Lipinski definition) is 9. The molecule has 0 radical (unpaired) electrons. The van der Waals surface area contributed by atoms with Crippen LogP contribution in [0.5, 0.6) is 0 Å².